The van der Waals surface area contributed by atoms with Crippen molar-refractivity contribution in [3.63, 3.8) is 0 Å². The van der Waals surface area contributed by atoms with Crippen LogP contribution in [0.4, 0.5) is 13.6 Å². The van der Waals surface area contributed by atoms with Gasteiger partial charge < -0.3 is 19.7 Å². The molecule has 3 rings (SSSR count). The molecule has 0 spiro atoms. The molecule has 150 valence electrons. The van der Waals surface area contributed by atoms with Crippen molar-refractivity contribution in [1.82, 2.24) is 10.2 Å². The van der Waals surface area contributed by atoms with Gasteiger partial charge in [0, 0.05) is 13.6 Å². The molecule has 0 saturated heterocycles. The van der Waals surface area contributed by atoms with E-state index in [0.717, 1.165) is 24.0 Å². The van der Waals surface area contributed by atoms with Gasteiger partial charge in [0.25, 0.3) is 0 Å². The number of amides is 2. The van der Waals surface area contributed by atoms with E-state index in [0.29, 0.717) is 12.5 Å². The van der Waals surface area contributed by atoms with E-state index in [4.69, 9.17) is 4.74 Å². The van der Waals surface area contributed by atoms with Gasteiger partial charge in [-0.3, -0.25) is 0 Å². The van der Waals surface area contributed by atoms with E-state index in [1.54, 1.807) is 24.1 Å². The molecule has 1 aliphatic carbocycles. The van der Waals surface area contributed by atoms with Crippen LogP contribution in [0.2, 0.25) is 0 Å². The number of nitrogens with one attached hydrogen (secondary N) is 1. The monoisotopic (exact) mass is 390 g/mol. The van der Waals surface area contributed by atoms with E-state index >= 15 is 0 Å². The van der Waals surface area contributed by atoms with Gasteiger partial charge in [0.15, 0.2) is 11.5 Å². The van der Waals surface area contributed by atoms with Crippen molar-refractivity contribution in [3.05, 3.63) is 59.7 Å². The van der Waals surface area contributed by atoms with Gasteiger partial charge in [0.05, 0.1) is 13.2 Å². The smallest absolute Gasteiger partial charge is 0.387 e. The van der Waals surface area contributed by atoms with Gasteiger partial charge in [-0.1, -0.05) is 36.4 Å². The molecular weight excluding hydrogens is 366 g/mol. The van der Waals surface area contributed by atoms with Crippen molar-refractivity contribution in [2.75, 3.05) is 14.2 Å². The zero-order chi connectivity index (χ0) is 20.1. The van der Waals surface area contributed by atoms with Crippen LogP contribution in [0.1, 0.15) is 30.0 Å². The van der Waals surface area contributed by atoms with Crippen LogP contribution in [0.3, 0.4) is 0 Å². The van der Waals surface area contributed by atoms with Gasteiger partial charge in [-0.15, -0.1) is 0 Å². The van der Waals surface area contributed by atoms with E-state index in [1.165, 1.54) is 13.2 Å². The number of halogens is 2. The van der Waals surface area contributed by atoms with Crippen LogP contribution in [-0.2, 0) is 6.54 Å². The molecule has 1 aliphatic rings. The predicted molar refractivity (Wildman–Crippen MR) is 102 cm³/mol. The quantitative estimate of drug-likeness (QED) is 0.717. The van der Waals surface area contributed by atoms with Crippen LogP contribution in [0, 0.1) is 5.92 Å². The number of hydrogen-bond donors (Lipinski definition) is 1. The number of hydrogen-bond acceptors (Lipinski definition) is 3. The lowest BCUT2D eigenvalue weighted by Gasteiger charge is -2.24. The maximum Gasteiger partial charge on any atom is 0.387 e. The van der Waals surface area contributed by atoms with Gasteiger partial charge in [0.2, 0.25) is 0 Å². The zero-order valence-electron chi connectivity index (χ0n) is 15.9. The third kappa shape index (κ3) is 5.12. The van der Waals surface area contributed by atoms with Crippen molar-refractivity contribution in [2.24, 2.45) is 5.92 Å². The number of methoxy groups -OCH3 is 1. The number of ether oxygens (including phenoxy) is 2. The Morgan fingerprint density at radius 2 is 1.89 bits per heavy atom. The molecule has 28 heavy (non-hydrogen) atoms. The maximum atomic E-state index is 12.7. The van der Waals surface area contributed by atoms with Crippen molar-refractivity contribution < 1.29 is 23.0 Å². The van der Waals surface area contributed by atoms with Gasteiger partial charge in [-0.2, -0.15) is 8.78 Å². The molecule has 5 nitrogen and oxygen atoms in total. The first-order chi connectivity index (χ1) is 13.5. The summed E-state index contributed by atoms with van der Waals surface area (Å²) in [6.07, 6.45) is 2.21. The molecule has 2 aromatic rings. The third-order valence-electron chi connectivity index (χ3n) is 4.74. The summed E-state index contributed by atoms with van der Waals surface area (Å²) >= 11 is 0. The Labute approximate surface area is 163 Å². The lowest BCUT2D eigenvalue weighted by Crippen LogP contribution is -2.39. The fourth-order valence-electron chi connectivity index (χ4n) is 3.16. The average Bonchev–Trinajstić information content (AvgIpc) is 3.52. The molecule has 1 unspecified atom stereocenters. The highest BCUT2D eigenvalue weighted by molar-refractivity contribution is 5.74. The van der Waals surface area contributed by atoms with Crippen LogP contribution in [0.15, 0.2) is 48.5 Å². The lowest BCUT2D eigenvalue weighted by atomic mass is 10.0. The van der Waals surface area contributed by atoms with Crippen LogP contribution >= 0.6 is 0 Å². The number of benzene rings is 2. The Kier molecular flexibility index (Phi) is 6.34. The summed E-state index contributed by atoms with van der Waals surface area (Å²) in [7, 11) is 3.08. The van der Waals surface area contributed by atoms with E-state index in [1.807, 2.05) is 30.3 Å². The topological polar surface area (TPSA) is 50.8 Å². The molecule has 2 aromatic carbocycles. The fourth-order valence-corrected chi connectivity index (χ4v) is 3.16. The zero-order valence-corrected chi connectivity index (χ0v) is 15.9. The minimum absolute atomic E-state index is 0.00694. The van der Waals surface area contributed by atoms with Crippen molar-refractivity contribution in [1.29, 1.82) is 0 Å². The van der Waals surface area contributed by atoms with Crippen LogP contribution in [0.5, 0.6) is 11.5 Å². The molecule has 0 aliphatic heterocycles. The first kappa shape index (κ1) is 19.9. The van der Waals surface area contributed by atoms with E-state index in [2.05, 4.69) is 10.1 Å². The first-order valence-electron chi connectivity index (χ1n) is 9.16. The number of rotatable bonds is 8. The molecule has 7 heteroatoms. The Hall–Kier alpha value is -2.83. The number of nitrogens with zero attached hydrogens (tertiary/aromatic N) is 1. The third-order valence-corrected chi connectivity index (χ3v) is 4.74. The molecule has 0 radical (unpaired) electrons. The summed E-state index contributed by atoms with van der Waals surface area (Å²) in [5.41, 5.74) is 1.85. The molecule has 1 saturated carbocycles. The molecule has 2 amide bonds. The molecule has 0 bridgehead atoms. The minimum Gasteiger partial charge on any atom is -0.493 e. The highest BCUT2D eigenvalue weighted by atomic mass is 19.3. The van der Waals surface area contributed by atoms with Crippen LogP contribution < -0.4 is 14.8 Å². The van der Waals surface area contributed by atoms with E-state index in [-0.39, 0.29) is 23.6 Å². The van der Waals surface area contributed by atoms with E-state index < -0.39 is 6.61 Å². The maximum absolute atomic E-state index is 12.7. The Balaban J connectivity index is 1.65. The summed E-state index contributed by atoms with van der Waals surface area (Å²) in [6.45, 7) is -2.62. The molecule has 1 atom stereocenters. The first-order valence-corrected chi connectivity index (χ1v) is 9.16. The second-order valence-corrected chi connectivity index (χ2v) is 6.90. The molecule has 0 heterocycles. The van der Waals surface area contributed by atoms with Crippen molar-refractivity contribution in [2.45, 2.75) is 32.0 Å². The number of urea groups is 1. The Morgan fingerprint density at radius 1 is 1.18 bits per heavy atom. The largest absolute Gasteiger partial charge is 0.493 e. The highest BCUT2D eigenvalue weighted by Crippen LogP contribution is 2.41. The van der Waals surface area contributed by atoms with Gasteiger partial charge in [-0.25, -0.2) is 4.79 Å². The fraction of sp³-hybridized carbons (Fsp3) is 0.381. The number of alkyl halides is 2. The number of carbonyl (C=O) groups excluding carboxylic acids is 1. The predicted octanol–water partition coefficient (Wildman–Crippen LogP) is 4.59. The van der Waals surface area contributed by atoms with Gasteiger partial charge >= 0.3 is 12.6 Å². The lowest BCUT2D eigenvalue weighted by molar-refractivity contribution is -0.0512. The highest BCUT2D eigenvalue weighted by Gasteiger charge is 2.33. The second kappa shape index (κ2) is 8.91. The van der Waals surface area contributed by atoms with Gasteiger partial charge in [0.1, 0.15) is 0 Å². The normalized spacial score (nSPS) is 14.5. The van der Waals surface area contributed by atoms with Gasteiger partial charge in [-0.05, 0) is 42.0 Å². The summed E-state index contributed by atoms with van der Waals surface area (Å²) in [4.78, 5) is 14.2. The Bertz CT molecular complexity index is 797. The molecule has 0 aromatic heterocycles. The number of carbonyl (C=O) groups is 1. The van der Waals surface area contributed by atoms with E-state index in [9.17, 15) is 13.6 Å². The molecule has 1 N–H and O–H groups in total. The van der Waals surface area contributed by atoms with Crippen LogP contribution in [0.25, 0.3) is 0 Å². The second-order valence-electron chi connectivity index (χ2n) is 6.90. The summed E-state index contributed by atoms with van der Waals surface area (Å²) in [5, 5.41) is 3.11. The van der Waals surface area contributed by atoms with Crippen molar-refractivity contribution >= 4 is 6.03 Å². The SMILES string of the molecule is COc1cc(CN(C)C(=O)NC(c2ccccc2)C2CC2)ccc1OC(F)F. The standard InChI is InChI=1S/C21H24F2N2O3/c1-25(13-14-8-11-17(28-20(22)23)18(12-14)27-2)21(26)24-19(16-9-10-16)15-6-4-3-5-7-15/h3-8,11-12,16,19-20H,9-10,13H2,1-2H3,(H,24,26). The molecule has 1 fully saturated rings. The summed E-state index contributed by atoms with van der Waals surface area (Å²) < 4.78 is 34.4. The van der Waals surface area contributed by atoms with Crippen LogP contribution in [-0.4, -0.2) is 31.7 Å². The average molecular weight is 390 g/mol. The Morgan fingerprint density at radius 3 is 2.50 bits per heavy atom. The summed E-state index contributed by atoms with van der Waals surface area (Å²) in [6, 6.07) is 14.4. The minimum atomic E-state index is -2.93. The van der Waals surface area contributed by atoms with Crippen molar-refractivity contribution in [3.8, 4) is 11.5 Å². The summed E-state index contributed by atoms with van der Waals surface area (Å²) in [5.74, 6) is 0.628. The molecular formula is C21H24F2N2O3.